The quantitative estimate of drug-likeness (QED) is 0.848. The molecule has 0 saturated heterocycles. The number of nitrogens with one attached hydrogen (secondary N) is 1. The van der Waals surface area contributed by atoms with Crippen molar-refractivity contribution in [1.82, 2.24) is 10.2 Å². The summed E-state index contributed by atoms with van der Waals surface area (Å²) >= 11 is 0. The van der Waals surface area contributed by atoms with Crippen LogP contribution in [0.1, 0.15) is 29.9 Å². The van der Waals surface area contributed by atoms with Gasteiger partial charge in [0.15, 0.2) is 6.10 Å². The molecule has 0 fully saturated rings. The number of rotatable bonds is 7. The lowest BCUT2D eigenvalue weighted by molar-refractivity contribution is -0.127. The lowest BCUT2D eigenvalue weighted by Crippen LogP contribution is -2.40. The molecule has 130 valence electrons. The van der Waals surface area contributed by atoms with E-state index in [4.69, 9.17) is 9.15 Å². The van der Waals surface area contributed by atoms with Gasteiger partial charge < -0.3 is 14.5 Å². The summed E-state index contributed by atoms with van der Waals surface area (Å²) in [7, 11) is 3.91. The van der Waals surface area contributed by atoms with E-state index in [0.29, 0.717) is 12.3 Å². The minimum Gasteiger partial charge on any atom is -0.481 e. The van der Waals surface area contributed by atoms with Gasteiger partial charge in [-0.15, -0.1) is 0 Å². The van der Waals surface area contributed by atoms with Crippen molar-refractivity contribution in [2.45, 2.75) is 32.9 Å². The summed E-state index contributed by atoms with van der Waals surface area (Å²) in [4.78, 5) is 14.3. The molecule has 24 heavy (non-hydrogen) atoms. The molecule has 5 heteroatoms. The van der Waals surface area contributed by atoms with Crippen molar-refractivity contribution in [3.05, 3.63) is 53.5 Å². The first-order valence-corrected chi connectivity index (χ1v) is 8.10. The van der Waals surface area contributed by atoms with Crippen molar-refractivity contribution in [1.29, 1.82) is 0 Å². The molecule has 1 N–H and O–H groups in total. The minimum absolute atomic E-state index is 0.0160. The summed E-state index contributed by atoms with van der Waals surface area (Å²) in [6.07, 6.45) is 1.07. The Bertz CT molecular complexity index is 665. The molecule has 0 bridgehead atoms. The number of hydrogen-bond donors (Lipinski definition) is 1. The first-order chi connectivity index (χ1) is 11.4. The summed E-state index contributed by atoms with van der Waals surface area (Å²) in [6.45, 7) is 6.28. The third kappa shape index (κ3) is 4.61. The number of aryl methyl sites for hydroxylation is 2. The van der Waals surface area contributed by atoms with Gasteiger partial charge in [-0.2, -0.15) is 0 Å². The van der Waals surface area contributed by atoms with Gasteiger partial charge in [0.05, 0.1) is 12.3 Å². The maximum atomic E-state index is 12.3. The Morgan fingerprint density at radius 1 is 1.25 bits per heavy atom. The van der Waals surface area contributed by atoms with E-state index < -0.39 is 6.10 Å². The Kier molecular flexibility index (Phi) is 6.04. The van der Waals surface area contributed by atoms with E-state index in [0.717, 1.165) is 11.3 Å². The van der Waals surface area contributed by atoms with Gasteiger partial charge in [-0.25, -0.2) is 0 Å². The molecule has 0 aliphatic carbocycles. The number of carbonyl (C=O) groups excluding carboxylic acids is 1. The topological polar surface area (TPSA) is 54.7 Å². The molecule has 0 saturated carbocycles. The Morgan fingerprint density at radius 2 is 2.00 bits per heavy atom. The predicted molar refractivity (Wildman–Crippen MR) is 94.2 cm³/mol. The molecule has 1 aromatic heterocycles. The first-order valence-electron chi connectivity index (χ1n) is 8.10. The summed E-state index contributed by atoms with van der Waals surface area (Å²) in [6, 6.07) is 9.57. The second kappa shape index (κ2) is 8.02. The van der Waals surface area contributed by atoms with Crippen molar-refractivity contribution in [3.8, 4) is 5.75 Å². The van der Waals surface area contributed by atoms with Gasteiger partial charge in [0.25, 0.3) is 5.91 Å². The average Bonchev–Trinajstić information content (AvgIpc) is 3.04. The van der Waals surface area contributed by atoms with Crippen LogP contribution in [-0.4, -0.2) is 37.6 Å². The highest BCUT2D eigenvalue weighted by atomic mass is 16.5. The van der Waals surface area contributed by atoms with Crippen molar-refractivity contribution < 1.29 is 13.9 Å². The van der Waals surface area contributed by atoms with Gasteiger partial charge in [0.2, 0.25) is 0 Å². The molecule has 1 heterocycles. The van der Waals surface area contributed by atoms with Crippen LogP contribution >= 0.6 is 0 Å². The largest absolute Gasteiger partial charge is 0.481 e. The zero-order valence-corrected chi connectivity index (χ0v) is 15.0. The molecular formula is C19H26N2O3. The summed E-state index contributed by atoms with van der Waals surface area (Å²) in [5, 5.41) is 2.93. The Balaban J connectivity index is 1.92. The van der Waals surface area contributed by atoms with Gasteiger partial charge >= 0.3 is 0 Å². The van der Waals surface area contributed by atoms with Crippen LogP contribution in [0.4, 0.5) is 0 Å². The van der Waals surface area contributed by atoms with E-state index >= 15 is 0 Å². The molecule has 0 unspecified atom stereocenters. The Hall–Kier alpha value is -2.27. The van der Waals surface area contributed by atoms with E-state index in [-0.39, 0.29) is 11.9 Å². The second-order valence-electron chi connectivity index (χ2n) is 6.25. The van der Waals surface area contributed by atoms with E-state index in [2.05, 4.69) is 5.32 Å². The van der Waals surface area contributed by atoms with E-state index in [1.165, 1.54) is 5.56 Å². The summed E-state index contributed by atoms with van der Waals surface area (Å²) in [5.74, 6) is 1.38. The molecule has 5 nitrogen and oxygen atoms in total. The second-order valence-corrected chi connectivity index (χ2v) is 6.25. The number of ether oxygens (including phenoxy) is 1. The molecule has 1 amide bonds. The standard InChI is InChI=1S/C19H26N2O3/c1-13-8-9-16(11-14(13)2)24-15(3)19(22)20-12-17(21(4)5)18-7-6-10-23-18/h6-11,15,17H,12H2,1-5H3,(H,20,22)/t15-,17-/m1/s1. The third-order valence-corrected chi connectivity index (χ3v) is 4.13. The fourth-order valence-electron chi connectivity index (χ4n) is 2.40. The van der Waals surface area contributed by atoms with E-state index in [9.17, 15) is 4.79 Å². The zero-order chi connectivity index (χ0) is 17.7. The van der Waals surface area contributed by atoms with Crippen LogP contribution in [0, 0.1) is 13.8 Å². The third-order valence-electron chi connectivity index (χ3n) is 4.13. The minimum atomic E-state index is -0.563. The number of likely N-dealkylation sites (N-methyl/N-ethyl adjacent to an activating group) is 1. The summed E-state index contributed by atoms with van der Waals surface area (Å²) < 4.78 is 11.2. The Labute approximate surface area is 143 Å². The molecule has 2 aromatic rings. The molecule has 2 atom stereocenters. The van der Waals surface area contributed by atoms with Crippen LogP contribution in [0.25, 0.3) is 0 Å². The molecule has 0 spiro atoms. The van der Waals surface area contributed by atoms with Gasteiger partial charge in [-0.3, -0.25) is 9.69 Å². The van der Waals surface area contributed by atoms with Crippen LogP contribution in [0.5, 0.6) is 5.75 Å². The monoisotopic (exact) mass is 330 g/mol. The molecule has 0 aliphatic heterocycles. The molecule has 1 aromatic carbocycles. The number of furan rings is 1. The lowest BCUT2D eigenvalue weighted by Gasteiger charge is -2.23. The average molecular weight is 330 g/mol. The van der Waals surface area contributed by atoms with Crippen LogP contribution in [0.15, 0.2) is 41.0 Å². The number of hydrogen-bond acceptors (Lipinski definition) is 4. The SMILES string of the molecule is Cc1ccc(O[C@H](C)C(=O)NC[C@H](c2ccco2)N(C)C)cc1C. The lowest BCUT2D eigenvalue weighted by atomic mass is 10.1. The Morgan fingerprint density at radius 3 is 2.58 bits per heavy atom. The maximum absolute atomic E-state index is 12.3. The fraction of sp³-hybridized carbons (Fsp3) is 0.421. The van der Waals surface area contributed by atoms with Crippen molar-refractivity contribution in [2.75, 3.05) is 20.6 Å². The predicted octanol–water partition coefficient (Wildman–Crippen LogP) is 3.08. The first kappa shape index (κ1) is 18.1. The van der Waals surface area contributed by atoms with Crippen LogP contribution in [0.3, 0.4) is 0 Å². The fourth-order valence-corrected chi connectivity index (χ4v) is 2.40. The van der Waals surface area contributed by atoms with E-state index in [1.807, 2.05) is 63.2 Å². The highest BCUT2D eigenvalue weighted by molar-refractivity contribution is 5.80. The van der Waals surface area contributed by atoms with Gasteiger partial charge in [-0.1, -0.05) is 6.07 Å². The molecule has 2 rings (SSSR count). The summed E-state index contributed by atoms with van der Waals surface area (Å²) in [5.41, 5.74) is 2.34. The number of nitrogens with zero attached hydrogens (tertiary/aromatic N) is 1. The van der Waals surface area contributed by atoms with Crippen molar-refractivity contribution >= 4 is 5.91 Å². The normalized spacial score (nSPS) is 13.6. The number of carbonyl (C=O) groups is 1. The highest BCUT2D eigenvalue weighted by Gasteiger charge is 2.20. The van der Waals surface area contributed by atoms with E-state index in [1.54, 1.807) is 13.2 Å². The number of benzene rings is 1. The molecule has 0 aliphatic rings. The van der Waals surface area contributed by atoms with Gasteiger partial charge in [0.1, 0.15) is 11.5 Å². The number of amides is 1. The highest BCUT2D eigenvalue weighted by Crippen LogP contribution is 2.19. The molecule has 0 radical (unpaired) electrons. The zero-order valence-electron chi connectivity index (χ0n) is 15.0. The van der Waals surface area contributed by atoms with Crippen LogP contribution in [0.2, 0.25) is 0 Å². The van der Waals surface area contributed by atoms with Crippen molar-refractivity contribution in [2.24, 2.45) is 0 Å². The maximum Gasteiger partial charge on any atom is 0.260 e. The van der Waals surface area contributed by atoms with Gasteiger partial charge in [0, 0.05) is 6.54 Å². The molecular weight excluding hydrogens is 304 g/mol. The van der Waals surface area contributed by atoms with Crippen molar-refractivity contribution in [3.63, 3.8) is 0 Å². The smallest absolute Gasteiger partial charge is 0.260 e. The van der Waals surface area contributed by atoms with Gasteiger partial charge in [-0.05, 0) is 70.3 Å². The van der Waals surface area contributed by atoms with Crippen LogP contribution < -0.4 is 10.1 Å². The van der Waals surface area contributed by atoms with Crippen LogP contribution in [-0.2, 0) is 4.79 Å².